The molecule has 0 radical (unpaired) electrons. The van der Waals surface area contributed by atoms with E-state index in [1.807, 2.05) is 6.92 Å². The van der Waals surface area contributed by atoms with Gasteiger partial charge in [0.05, 0.1) is 5.25 Å². The predicted molar refractivity (Wildman–Crippen MR) is 62.3 cm³/mol. The van der Waals surface area contributed by atoms with Gasteiger partial charge in [0, 0.05) is 0 Å². The van der Waals surface area contributed by atoms with Gasteiger partial charge in [-0.1, -0.05) is 25.7 Å². The number of thioether (sulfide) groups is 1. The molecule has 1 unspecified atom stereocenters. The van der Waals surface area contributed by atoms with Crippen molar-refractivity contribution >= 4 is 17.7 Å². The minimum atomic E-state index is -0.177. The molecule has 0 aromatic rings. The molecule has 0 aromatic carbocycles. The lowest BCUT2D eigenvalue weighted by Crippen LogP contribution is -2.23. The molecule has 1 fully saturated rings. The molecular formula is C11H21NOS. The molecule has 3 heteroatoms. The second-order valence-electron chi connectivity index (χ2n) is 4.24. The van der Waals surface area contributed by atoms with Crippen molar-refractivity contribution in [2.24, 2.45) is 11.7 Å². The fraction of sp³-hybridized carbons (Fsp3) is 0.909. The van der Waals surface area contributed by atoms with Crippen molar-refractivity contribution in [2.45, 2.75) is 50.7 Å². The van der Waals surface area contributed by atoms with Gasteiger partial charge in [0.25, 0.3) is 0 Å². The van der Waals surface area contributed by atoms with E-state index in [1.165, 1.54) is 38.5 Å². The minimum absolute atomic E-state index is 0.0155. The van der Waals surface area contributed by atoms with Gasteiger partial charge in [-0.15, -0.1) is 11.8 Å². The summed E-state index contributed by atoms with van der Waals surface area (Å²) in [6, 6.07) is 0. The van der Waals surface area contributed by atoms with Crippen LogP contribution in [0.1, 0.15) is 45.4 Å². The van der Waals surface area contributed by atoms with Crippen molar-refractivity contribution in [3.8, 4) is 0 Å². The van der Waals surface area contributed by atoms with Crippen LogP contribution in [0.2, 0.25) is 0 Å². The molecule has 0 bridgehead atoms. The van der Waals surface area contributed by atoms with E-state index in [0.717, 1.165) is 11.7 Å². The fourth-order valence-corrected chi connectivity index (χ4v) is 2.95. The molecule has 1 aliphatic carbocycles. The van der Waals surface area contributed by atoms with Crippen molar-refractivity contribution in [1.82, 2.24) is 0 Å². The summed E-state index contributed by atoms with van der Waals surface area (Å²) in [5.41, 5.74) is 5.22. The molecule has 0 aromatic heterocycles. The molecule has 1 saturated carbocycles. The van der Waals surface area contributed by atoms with Crippen molar-refractivity contribution < 1.29 is 4.79 Å². The van der Waals surface area contributed by atoms with Crippen LogP contribution in [-0.4, -0.2) is 16.9 Å². The highest BCUT2D eigenvalue weighted by Gasteiger charge is 2.15. The van der Waals surface area contributed by atoms with Gasteiger partial charge in [0.2, 0.25) is 5.91 Å². The van der Waals surface area contributed by atoms with Crippen LogP contribution in [0, 0.1) is 5.92 Å². The third-order valence-corrected chi connectivity index (χ3v) is 4.35. The molecule has 0 spiro atoms. The van der Waals surface area contributed by atoms with Gasteiger partial charge >= 0.3 is 0 Å². The number of carbonyl (C=O) groups excluding carboxylic acids is 1. The third kappa shape index (κ3) is 4.36. The van der Waals surface area contributed by atoms with Gasteiger partial charge in [0.15, 0.2) is 0 Å². The summed E-state index contributed by atoms with van der Waals surface area (Å²) >= 11 is 1.73. The number of rotatable bonds is 4. The van der Waals surface area contributed by atoms with Crippen molar-refractivity contribution in [1.29, 1.82) is 0 Å². The number of hydrogen-bond acceptors (Lipinski definition) is 2. The van der Waals surface area contributed by atoms with E-state index >= 15 is 0 Å². The summed E-state index contributed by atoms with van der Waals surface area (Å²) in [5, 5.41) is -0.0155. The summed E-state index contributed by atoms with van der Waals surface area (Å²) in [6.07, 6.45) is 8.22. The van der Waals surface area contributed by atoms with Crippen LogP contribution in [0.4, 0.5) is 0 Å². The molecule has 1 amide bonds. The van der Waals surface area contributed by atoms with Crippen LogP contribution in [0.15, 0.2) is 0 Å². The molecular weight excluding hydrogens is 194 g/mol. The molecule has 1 atom stereocenters. The van der Waals surface area contributed by atoms with Crippen LogP contribution >= 0.6 is 11.8 Å². The average molecular weight is 215 g/mol. The van der Waals surface area contributed by atoms with Crippen LogP contribution in [0.5, 0.6) is 0 Å². The molecule has 0 saturated heterocycles. The normalized spacial score (nSPS) is 21.5. The largest absolute Gasteiger partial charge is 0.369 e. The SMILES string of the molecule is CC(SCC1CCCCCC1)C(N)=O. The lowest BCUT2D eigenvalue weighted by molar-refractivity contribution is -0.117. The summed E-state index contributed by atoms with van der Waals surface area (Å²) in [5.74, 6) is 1.76. The number of amides is 1. The number of hydrogen-bond donors (Lipinski definition) is 1. The fourth-order valence-electron chi connectivity index (χ4n) is 1.89. The van der Waals surface area contributed by atoms with Crippen LogP contribution in [0.3, 0.4) is 0 Å². The molecule has 0 heterocycles. The highest BCUT2D eigenvalue weighted by atomic mass is 32.2. The standard InChI is InChI=1S/C11H21NOS/c1-9(11(12)13)14-8-10-6-4-2-3-5-7-10/h9-10H,2-8H2,1H3,(H2,12,13). The molecule has 0 aliphatic heterocycles. The zero-order chi connectivity index (χ0) is 10.4. The summed E-state index contributed by atoms with van der Waals surface area (Å²) < 4.78 is 0. The van der Waals surface area contributed by atoms with Crippen LogP contribution in [-0.2, 0) is 4.79 Å². The Balaban J connectivity index is 2.18. The second-order valence-corrected chi connectivity index (χ2v) is 5.61. The Morgan fingerprint density at radius 2 is 1.93 bits per heavy atom. The van der Waals surface area contributed by atoms with Gasteiger partial charge < -0.3 is 5.73 Å². The smallest absolute Gasteiger partial charge is 0.230 e. The number of carbonyl (C=O) groups is 1. The molecule has 82 valence electrons. The number of nitrogens with two attached hydrogens (primary N) is 1. The van der Waals surface area contributed by atoms with Crippen molar-refractivity contribution in [3.05, 3.63) is 0 Å². The lowest BCUT2D eigenvalue weighted by atomic mass is 10.0. The van der Waals surface area contributed by atoms with Gasteiger partial charge in [-0.05, 0) is 31.4 Å². The van der Waals surface area contributed by atoms with E-state index in [2.05, 4.69) is 0 Å². The lowest BCUT2D eigenvalue weighted by Gasteiger charge is -2.15. The minimum Gasteiger partial charge on any atom is -0.369 e. The number of primary amides is 1. The zero-order valence-corrected chi connectivity index (χ0v) is 9.81. The first-order chi connectivity index (χ1) is 6.70. The van der Waals surface area contributed by atoms with E-state index in [1.54, 1.807) is 11.8 Å². The van der Waals surface area contributed by atoms with E-state index in [-0.39, 0.29) is 11.2 Å². The summed E-state index contributed by atoms with van der Waals surface area (Å²) in [6.45, 7) is 1.91. The van der Waals surface area contributed by atoms with Crippen molar-refractivity contribution in [2.75, 3.05) is 5.75 Å². The van der Waals surface area contributed by atoms with Gasteiger partial charge in [-0.3, -0.25) is 4.79 Å². The second kappa shape index (κ2) is 6.33. The summed E-state index contributed by atoms with van der Waals surface area (Å²) in [4.78, 5) is 10.8. The van der Waals surface area contributed by atoms with E-state index in [4.69, 9.17) is 5.73 Å². The van der Waals surface area contributed by atoms with Gasteiger partial charge in [0.1, 0.15) is 0 Å². The maximum atomic E-state index is 10.8. The Hall–Kier alpha value is -0.180. The predicted octanol–water partition coefficient (Wildman–Crippen LogP) is 2.56. The molecule has 2 nitrogen and oxygen atoms in total. The monoisotopic (exact) mass is 215 g/mol. The Kier molecular flexibility index (Phi) is 5.38. The van der Waals surface area contributed by atoms with Gasteiger partial charge in [-0.2, -0.15) is 0 Å². The molecule has 1 rings (SSSR count). The Labute approximate surface area is 91.0 Å². The molecule has 2 N–H and O–H groups in total. The Morgan fingerprint density at radius 1 is 1.36 bits per heavy atom. The third-order valence-electron chi connectivity index (χ3n) is 2.96. The van der Waals surface area contributed by atoms with Crippen LogP contribution in [0.25, 0.3) is 0 Å². The first kappa shape index (κ1) is 11.9. The van der Waals surface area contributed by atoms with Crippen LogP contribution < -0.4 is 5.73 Å². The van der Waals surface area contributed by atoms with E-state index in [0.29, 0.717) is 0 Å². The maximum Gasteiger partial charge on any atom is 0.230 e. The highest BCUT2D eigenvalue weighted by Crippen LogP contribution is 2.27. The molecule has 14 heavy (non-hydrogen) atoms. The molecule has 1 aliphatic rings. The summed E-state index contributed by atoms with van der Waals surface area (Å²) in [7, 11) is 0. The topological polar surface area (TPSA) is 43.1 Å². The van der Waals surface area contributed by atoms with E-state index < -0.39 is 0 Å². The average Bonchev–Trinajstić information content (AvgIpc) is 2.42. The first-order valence-electron chi connectivity index (χ1n) is 5.61. The maximum absolute atomic E-state index is 10.8. The Bertz CT molecular complexity index is 176. The zero-order valence-electron chi connectivity index (χ0n) is 9.00. The van der Waals surface area contributed by atoms with Crippen molar-refractivity contribution in [3.63, 3.8) is 0 Å². The quantitative estimate of drug-likeness (QED) is 0.732. The Morgan fingerprint density at radius 3 is 2.43 bits per heavy atom. The van der Waals surface area contributed by atoms with E-state index in [9.17, 15) is 4.79 Å². The van der Waals surface area contributed by atoms with Gasteiger partial charge in [-0.25, -0.2) is 0 Å². The first-order valence-corrected chi connectivity index (χ1v) is 6.66. The highest BCUT2D eigenvalue weighted by molar-refractivity contribution is 8.00.